The molecule has 1 fully saturated rings. The van der Waals surface area contributed by atoms with E-state index in [1.165, 1.54) is 12.1 Å². The molecule has 1 aliphatic rings. The fraction of sp³-hybridized carbons (Fsp3) is 0.350. The van der Waals surface area contributed by atoms with E-state index >= 15 is 0 Å². The first kappa shape index (κ1) is 24.1. The Morgan fingerprint density at radius 2 is 1.47 bits per heavy atom. The monoisotopic (exact) mass is 480 g/mol. The highest BCUT2D eigenvalue weighted by atomic mass is 32.2. The van der Waals surface area contributed by atoms with Crippen LogP contribution in [0.4, 0.5) is 26.3 Å². The Balaban J connectivity index is 1.57. The normalized spacial score (nSPS) is 16.1. The van der Waals surface area contributed by atoms with Gasteiger partial charge in [0.1, 0.15) is 6.61 Å². The summed E-state index contributed by atoms with van der Waals surface area (Å²) in [5, 5.41) is 3.89. The Kier molecular flexibility index (Phi) is 6.84. The number of halogens is 6. The molecule has 1 saturated heterocycles. The SMILES string of the molecule is O=S(=O)(c1ccc(C(F)(F)F)cc1)N1CCC(=NOCc2cccc(C(F)(F)F)c2)CC1. The van der Waals surface area contributed by atoms with Crippen LogP contribution in [0, 0.1) is 0 Å². The number of piperidine rings is 1. The van der Waals surface area contributed by atoms with Gasteiger partial charge in [0.05, 0.1) is 21.7 Å². The summed E-state index contributed by atoms with van der Waals surface area (Å²) >= 11 is 0. The number of hydrogen-bond acceptors (Lipinski definition) is 4. The second kappa shape index (κ2) is 9.10. The van der Waals surface area contributed by atoms with Gasteiger partial charge >= 0.3 is 12.4 Å². The van der Waals surface area contributed by atoms with Crippen LogP contribution in [0.5, 0.6) is 0 Å². The van der Waals surface area contributed by atoms with Crippen molar-refractivity contribution in [1.82, 2.24) is 4.31 Å². The molecule has 12 heteroatoms. The summed E-state index contributed by atoms with van der Waals surface area (Å²) in [6, 6.07) is 7.89. The van der Waals surface area contributed by atoms with Crippen molar-refractivity contribution in [2.45, 2.75) is 36.7 Å². The smallest absolute Gasteiger partial charge is 0.391 e. The van der Waals surface area contributed by atoms with Crippen molar-refractivity contribution in [3.63, 3.8) is 0 Å². The molecule has 174 valence electrons. The van der Waals surface area contributed by atoms with Gasteiger partial charge in [-0.15, -0.1) is 0 Å². The van der Waals surface area contributed by atoms with E-state index in [-0.39, 0.29) is 43.0 Å². The highest BCUT2D eigenvalue weighted by molar-refractivity contribution is 7.89. The van der Waals surface area contributed by atoms with Crippen molar-refractivity contribution in [2.24, 2.45) is 5.16 Å². The molecule has 0 atom stereocenters. The molecule has 2 aromatic carbocycles. The van der Waals surface area contributed by atoms with Gasteiger partial charge in [-0.2, -0.15) is 30.6 Å². The fourth-order valence-electron chi connectivity index (χ4n) is 3.08. The average Bonchev–Trinajstić information content (AvgIpc) is 2.73. The molecule has 0 unspecified atom stereocenters. The lowest BCUT2D eigenvalue weighted by molar-refractivity contribution is -0.138. The summed E-state index contributed by atoms with van der Waals surface area (Å²) in [5.74, 6) is 0. The van der Waals surface area contributed by atoms with E-state index in [2.05, 4.69) is 5.16 Å². The van der Waals surface area contributed by atoms with Crippen LogP contribution in [0.2, 0.25) is 0 Å². The van der Waals surface area contributed by atoms with Crippen molar-refractivity contribution >= 4 is 15.7 Å². The van der Waals surface area contributed by atoms with Crippen LogP contribution in [-0.2, 0) is 33.8 Å². The lowest BCUT2D eigenvalue weighted by atomic mass is 10.1. The molecule has 0 bridgehead atoms. The Labute approximate surface area is 180 Å². The zero-order valence-corrected chi connectivity index (χ0v) is 17.3. The van der Waals surface area contributed by atoms with Crippen molar-refractivity contribution in [1.29, 1.82) is 0 Å². The lowest BCUT2D eigenvalue weighted by Crippen LogP contribution is -2.38. The van der Waals surface area contributed by atoms with E-state index in [1.54, 1.807) is 0 Å². The Hall–Kier alpha value is -2.60. The van der Waals surface area contributed by atoms with Gasteiger partial charge in [-0.3, -0.25) is 0 Å². The third-order valence-corrected chi connectivity index (χ3v) is 6.71. The van der Waals surface area contributed by atoms with Crippen LogP contribution >= 0.6 is 0 Å². The van der Waals surface area contributed by atoms with Gasteiger partial charge in [-0.25, -0.2) is 8.42 Å². The topological polar surface area (TPSA) is 59.0 Å². The first-order valence-corrected chi connectivity index (χ1v) is 10.8. The molecule has 0 saturated carbocycles. The fourth-order valence-corrected chi connectivity index (χ4v) is 4.52. The Morgan fingerprint density at radius 1 is 0.875 bits per heavy atom. The third-order valence-electron chi connectivity index (χ3n) is 4.80. The molecule has 2 aromatic rings. The van der Waals surface area contributed by atoms with Gasteiger partial charge in [0.2, 0.25) is 10.0 Å². The maximum Gasteiger partial charge on any atom is 0.416 e. The predicted octanol–water partition coefficient (Wildman–Crippen LogP) is 5.08. The van der Waals surface area contributed by atoms with E-state index in [1.807, 2.05) is 0 Å². The number of alkyl halides is 6. The van der Waals surface area contributed by atoms with Gasteiger partial charge in [-0.1, -0.05) is 17.3 Å². The molecular weight excluding hydrogens is 462 g/mol. The summed E-state index contributed by atoms with van der Waals surface area (Å²) in [6.07, 6.45) is -8.58. The van der Waals surface area contributed by atoms with Crippen molar-refractivity contribution in [3.8, 4) is 0 Å². The highest BCUT2D eigenvalue weighted by Gasteiger charge is 2.33. The van der Waals surface area contributed by atoms with E-state index in [0.29, 0.717) is 17.8 Å². The van der Waals surface area contributed by atoms with Crippen LogP contribution in [-0.4, -0.2) is 31.5 Å². The average molecular weight is 480 g/mol. The molecule has 0 N–H and O–H groups in total. The quantitative estimate of drug-likeness (QED) is 0.443. The molecule has 0 amide bonds. The number of rotatable bonds is 5. The zero-order chi connectivity index (χ0) is 23.6. The Bertz CT molecular complexity index is 1070. The zero-order valence-electron chi connectivity index (χ0n) is 16.4. The molecule has 1 heterocycles. The highest BCUT2D eigenvalue weighted by Crippen LogP contribution is 2.31. The van der Waals surface area contributed by atoms with Gasteiger partial charge in [0, 0.05) is 25.9 Å². The van der Waals surface area contributed by atoms with Crippen molar-refractivity contribution in [3.05, 3.63) is 65.2 Å². The maximum absolute atomic E-state index is 12.7. The summed E-state index contributed by atoms with van der Waals surface area (Å²) < 4.78 is 103. The van der Waals surface area contributed by atoms with Crippen LogP contribution in [0.15, 0.2) is 58.6 Å². The predicted molar refractivity (Wildman–Crippen MR) is 103 cm³/mol. The molecule has 0 aliphatic carbocycles. The lowest BCUT2D eigenvalue weighted by Gasteiger charge is -2.26. The van der Waals surface area contributed by atoms with Gasteiger partial charge in [0.25, 0.3) is 0 Å². The second-order valence-corrected chi connectivity index (χ2v) is 8.99. The number of benzene rings is 2. The van der Waals surface area contributed by atoms with Crippen molar-refractivity contribution < 1.29 is 39.6 Å². The maximum atomic E-state index is 12.7. The standard InChI is InChI=1S/C20H18F6N2O3S/c21-19(22,23)15-4-6-18(7-5-15)32(29,30)28-10-8-17(9-11-28)27-31-13-14-2-1-3-16(12-14)20(24,25)26/h1-7,12H,8-11,13H2. The summed E-state index contributed by atoms with van der Waals surface area (Å²) in [6.45, 7) is -0.0782. The summed E-state index contributed by atoms with van der Waals surface area (Å²) in [4.78, 5) is 4.88. The number of nitrogens with zero attached hydrogens (tertiary/aromatic N) is 2. The van der Waals surface area contributed by atoms with E-state index < -0.39 is 33.5 Å². The molecule has 3 rings (SSSR count). The van der Waals surface area contributed by atoms with E-state index in [9.17, 15) is 34.8 Å². The molecule has 0 radical (unpaired) electrons. The van der Waals surface area contributed by atoms with E-state index in [4.69, 9.17) is 4.84 Å². The van der Waals surface area contributed by atoms with Crippen LogP contribution in [0.25, 0.3) is 0 Å². The molecular formula is C20H18F6N2O3S. The molecule has 1 aliphatic heterocycles. The first-order valence-electron chi connectivity index (χ1n) is 9.38. The molecule has 5 nitrogen and oxygen atoms in total. The van der Waals surface area contributed by atoms with Crippen LogP contribution < -0.4 is 0 Å². The first-order chi connectivity index (χ1) is 14.9. The third kappa shape index (κ3) is 5.80. The van der Waals surface area contributed by atoms with E-state index in [0.717, 1.165) is 28.6 Å². The summed E-state index contributed by atoms with van der Waals surface area (Å²) in [7, 11) is -3.97. The Morgan fingerprint density at radius 3 is 2.03 bits per heavy atom. The molecule has 0 spiro atoms. The molecule has 32 heavy (non-hydrogen) atoms. The molecule has 0 aromatic heterocycles. The second-order valence-electron chi connectivity index (χ2n) is 7.06. The summed E-state index contributed by atoms with van der Waals surface area (Å²) in [5.41, 5.74) is -0.919. The minimum Gasteiger partial charge on any atom is -0.391 e. The minimum atomic E-state index is -4.56. The van der Waals surface area contributed by atoms with Crippen LogP contribution in [0.3, 0.4) is 0 Å². The number of sulfonamides is 1. The minimum absolute atomic E-state index is 0.0507. The van der Waals surface area contributed by atoms with Crippen molar-refractivity contribution in [2.75, 3.05) is 13.1 Å². The van der Waals surface area contributed by atoms with Gasteiger partial charge < -0.3 is 4.84 Å². The largest absolute Gasteiger partial charge is 0.416 e. The number of hydrogen-bond donors (Lipinski definition) is 0. The van der Waals surface area contributed by atoms with Crippen LogP contribution in [0.1, 0.15) is 29.5 Å². The number of oxime groups is 1. The van der Waals surface area contributed by atoms with Gasteiger partial charge in [0.15, 0.2) is 0 Å². The van der Waals surface area contributed by atoms with Gasteiger partial charge in [-0.05, 0) is 42.0 Å².